The van der Waals surface area contributed by atoms with Crippen molar-refractivity contribution in [2.45, 2.75) is 12.6 Å². The fraction of sp³-hybridized carbons (Fsp3) is 0.286. The summed E-state index contributed by atoms with van der Waals surface area (Å²) < 4.78 is 5.27. The predicted molar refractivity (Wildman–Crippen MR) is 71.5 cm³/mol. The van der Waals surface area contributed by atoms with E-state index in [9.17, 15) is 5.11 Å². The highest BCUT2D eigenvalue weighted by Crippen LogP contribution is 2.17. The highest BCUT2D eigenvalue weighted by Gasteiger charge is 2.11. The smallest absolute Gasteiger partial charge is 0.117 e. The second-order valence-corrected chi connectivity index (χ2v) is 4.78. The maximum atomic E-state index is 10.1. The van der Waals surface area contributed by atoms with Crippen LogP contribution in [0, 0.1) is 0 Å². The Kier molecular flexibility index (Phi) is 4.42. The van der Waals surface area contributed by atoms with E-state index in [2.05, 4.69) is 0 Å². The summed E-state index contributed by atoms with van der Waals surface area (Å²) in [6, 6.07) is 11.0. The molecule has 0 aliphatic heterocycles. The van der Waals surface area contributed by atoms with Crippen molar-refractivity contribution >= 4 is 11.6 Å². The summed E-state index contributed by atoms with van der Waals surface area (Å²) in [7, 11) is 1.95. The zero-order valence-electron chi connectivity index (χ0n) is 10.2. The van der Waals surface area contributed by atoms with Crippen molar-refractivity contribution < 1.29 is 9.52 Å². The number of aliphatic hydroxyl groups is 1. The second kappa shape index (κ2) is 6.05. The van der Waals surface area contributed by atoms with Crippen LogP contribution in [0.5, 0.6) is 0 Å². The maximum absolute atomic E-state index is 10.1. The Bertz CT molecular complexity index is 467. The molecule has 1 aromatic heterocycles. The van der Waals surface area contributed by atoms with E-state index in [1.807, 2.05) is 36.2 Å². The molecule has 0 fully saturated rings. The van der Waals surface area contributed by atoms with E-state index >= 15 is 0 Å². The number of benzene rings is 1. The summed E-state index contributed by atoms with van der Waals surface area (Å²) in [5, 5.41) is 10.8. The van der Waals surface area contributed by atoms with Crippen LogP contribution >= 0.6 is 11.6 Å². The van der Waals surface area contributed by atoms with E-state index in [4.69, 9.17) is 16.0 Å². The molecule has 0 spiro atoms. The van der Waals surface area contributed by atoms with Crippen molar-refractivity contribution in [1.82, 2.24) is 4.90 Å². The third-order valence-electron chi connectivity index (χ3n) is 2.75. The van der Waals surface area contributed by atoms with Crippen molar-refractivity contribution in [1.29, 1.82) is 0 Å². The lowest BCUT2D eigenvalue weighted by molar-refractivity contribution is 0.120. The lowest BCUT2D eigenvalue weighted by Gasteiger charge is -2.19. The van der Waals surface area contributed by atoms with Gasteiger partial charge in [0.15, 0.2) is 0 Å². The maximum Gasteiger partial charge on any atom is 0.117 e. The molecule has 1 aromatic carbocycles. The monoisotopic (exact) mass is 265 g/mol. The number of halogens is 1. The van der Waals surface area contributed by atoms with Gasteiger partial charge in [-0.05, 0) is 36.9 Å². The molecule has 1 heterocycles. The van der Waals surface area contributed by atoms with Gasteiger partial charge in [0.05, 0.1) is 18.9 Å². The normalized spacial score (nSPS) is 12.9. The molecule has 0 unspecified atom stereocenters. The van der Waals surface area contributed by atoms with Crippen molar-refractivity contribution in [3.63, 3.8) is 0 Å². The van der Waals surface area contributed by atoms with E-state index in [-0.39, 0.29) is 0 Å². The van der Waals surface area contributed by atoms with Crippen LogP contribution in [-0.4, -0.2) is 23.6 Å². The molecule has 1 atom stereocenters. The minimum absolute atomic E-state index is 0.526. The second-order valence-electron chi connectivity index (χ2n) is 4.34. The molecular formula is C14H16ClNO2. The van der Waals surface area contributed by atoms with E-state index < -0.39 is 6.10 Å². The lowest BCUT2D eigenvalue weighted by Crippen LogP contribution is -2.24. The summed E-state index contributed by atoms with van der Waals surface area (Å²) >= 11 is 5.81. The van der Waals surface area contributed by atoms with Gasteiger partial charge in [-0.3, -0.25) is 4.90 Å². The van der Waals surface area contributed by atoms with Crippen LogP contribution in [0.15, 0.2) is 47.1 Å². The van der Waals surface area contributed by atoms with E-state index in [0.29, 0.717) is 18.1 Å². The van der Waals surface area contributed by atoms with Gasteiger partial charge >= 0.3 is 0 Å². The van der Waals surface area contributed by atoms with E-state index in [0.717, 1.165) is 11.3 Å². The van der Waals surface area contributed by atoms with Gasteiger partial charge in [-0.2, -0.15) is 0 Å². The van der Waals surface area contributed by atoms with Gasteiger partial charge in [-0.1, -0.05) is 23.7 Å². The molecule has 18 heavy (non-hydrogen) atoms. The predicted octanol–water partition coefficient (Wildman–Crippen LogP) is 3.10. The first-order valence-electron chi connectivity index (χ1n) is 5.79. The Labute approximate surface area is 112 Å². The van der Waals surface area contributed by atoms with Crippen molar-refractivity contribution in [3.05, 3.63) is 59.0 Å². The van der Waals surface area contributed by atoms with Crippen LogP contribution < -0.4 is 0 Å². The lowest BCUT2D eigenvalue weighted by atomic mass is 10.1. The third kappa shape index (κ3) is 3.60. The molecule has 0 amide bonds. The number of furan rings is 1. The van der Waals surface area contributed by atoms with Crippen LogP contribution in [0.2, 0.25) is 5.02 Å². The fourth-order valence-electron chi connectivity index (χ4n) is 1.82. The summed E-state index contributed by atoms with van der Waals surface area (Å²) in [5.41, 5.74) is 0.866. The van der Waals surface area contributed by atoms with E-state index in [1.165, 1.54) is 0 Å². The molecule has 0 saturated carbocycles. The van der Waals surface area contributed by atoms with Gasteiger partial charge in [-0.25, -0.2) is 0 Å². The molecule has 0 saturated heterocycles. The molecule has 0 aliphatic carbocycles. The Hall–Kier alpha value is -1.29. The molecule has 2 aromatic rings. The zero-order valence-corrected chi connectivity index (χ0v) is 11.0. The Morgan fingerprint density at radius 1 is 1.28 bits per heavy atom. The highest BCUT2D eigenvalue weighted by atomic mass is 35.5. The number of hydrogen-bond acceptors (Lipinski definition) is 3. The van der Waals surface area contributed by atoms with Crippen LogP contribution in [0.1, 0.15) is 17.4 Å². The summed E-state index contributed by atoms with van der Waals surface area (Å²) in [6.45, 7) is 1.22. The highest BCUT2D eigenvalue weighted by molar-refractivity contribution is 6.30. The minimum atomic E-state index is -0.526. The first kappa shape index (κ1) is 13.1. The topological polar surface area (TPSA) is 36.6 Å². The number of hydrogen-bond donors (Lipinski definition) is 1. The van der Waals surface area contributed by atoms with Gasteiger partial charge in [0.25, 0.3) is 0 Å². The Morgan fingerprint density at radius 2 is 2.00 bits per heavy atom. The quantitative estimate of drug-likeness (QED) is 0.903. The first-order valence-corrected chi connectivity index (χ1v) is 6.17. The molecule has 0 aliphatic rings. The molecule has 96 valence electrons. The Morgan fingerprint density at radius 3 is 2.61 bits per heavy atom. The van der Waals surface area contributed by atoms with E-state index in [1.54, 1.807) is 18.4 Å². The SMILES string of the molecule is CN(Cc1ccco1)C[C@@H](O)c1ccc(Cl)cc1. The number of aliphatic hydroxyl groups excluding tert-OH is 1. The summed E-state index contributed by atoms with van der Waals surface area (Å²) in [6.07, 6.45) is 1.13. The van der Waals surface area contributed by atoms with Crippen molar-refractivity contribution in [2.24, 2.45) is 0 Å². The van der Waals surface area contributed by atoms with Crippen LogP contribution in [0.25, 0.3) is 0 Å². The van der Waals surface area contributed by atoms with Crippen LogP contribution in [0.3, 0.4) is 0 Å². The molecule has 2 rings (SSSR count). The molecule has 0 bridgehead atoms. The largest absolute Gasteiger partial charge is 0.468 e. The van der Waals surface area contributed by atoms with Crippen LogP contribution in [0.4, 0.5) is 0 Å². The fourth-order valence-corrected chi connectivity index (χ4v) is 1.94. The average molecular weight is 266 g/mol. The number of rotatable bonds is 5. The van der Waals surface area contributed by atoms with Gasteiger partial charge in [-0.15, -0.1) is 0 Å². The number of nitrogens with zero attached hydrogens (tertiary/aromatic N) is 1. The van der Waals surface area contributed by atoms with Crippen LogP contribution in [-0.2, 0) is 6.54 Å². The Balaban J connectivity index is 1.90. The molecule has 1 N–H and O–H groups in total. The third-order valence-corrected chi connectivity index (χ3v) is 3.00. The molecule has 4 heteroatoms. The molecule has 3 nitrogen and oxygen atoms in total. The van der Waals surface area contributed by atoms with Gasteiger partial charge in [0, 0.05) is 11.6 Å². The van der Waals surface area contributed by atoms with Crippen molar-refractivity contribution in [3.8, 4) is 0 Å². The average Bonchev–Trinajstić information content (AvgIpc) is 2.82. The van der Waals surface area contributed by atoms with Gasteiger partial charge in [0.1, 0.15) is 5.76 Å². The summed E-state index contributed by atoms with van der Waals surface area (Å²) in [5.74, 6) is 0.890. The number of likely N-dealkylation sites (N-methyl/N-ethyl adjacent to an activating group) is 1. The summed E-state index contributed by atoms with van der Waals surface area (Å²) in [4.78, 5) is 2.01. The standard InChI is InChI=1S/C14H16ClNO2/c1-16(9-13-3-2-8-18-13)10-14(17)11-4-6-12(15)7-5-11/h2-8,14,17H,9-10H2,1H3/t14-/m1/s1. The van der Waals surface area contributed by atoms with Crippen molar-refractivity contribution in [2.75, 3.05) is 13.6 Å². The molecular weight excluding hydrogens is 250 g/mol. The molecule has 0 radical (unpaired) electrons. The van der Waals surface area contributed by atoms with Gasteiger partial charge in [0.2, 0.25) is 0 Å². The minimum Gasteiger partial charge on any atom is -0.468 e. The zero-order chi connectivity index (χ0) is 13.0. The first-order chi connectivity index (χ1) is 8.65. The van der Waals surface area contributed by atoms with Gasteiger partial charge < -0.3 is 9.52 Å².